The van der Waals surface area contributed by atoms with Crippen LogP contribution in [0.5, 0.6) is 0 Å². The minimum absolute atomic E-state index is 0.221. The molecule has 1 aliphatic carbocycles. The number of carboxylic acids is 1. The van der Waals surface area contributed by atoms with Gasteiger partial charge in [-0.1, -0.05) is 6.08 Å². The molecule has 18 heteroatoms. The van der Waals surface area contributed by atoms with E-state index in [-0.39, 0.29) is 11.1 Å². The van der Waals surface area contributed by atoms with E-state index in [2.05, 4.69) is 0 Å². The van der Waals surface area contributed by atoms with E-state index in [0.717, 1.165) is 18.0 Å². The molecule has 0 spiro atoms. The van der Waals surface area contributed by atoms with E-state index in [4.69, 9.17) is 28.4 Å². The molecular formula is C24H34O17S. The third-order valence-electron chi connectivity index (χ3n) is 7.56. The smallest absolute Gasteiger partial charge is 0.367 e. The number of hydrogen-bond acceptors (Lipinski definition) is 17. The molecule has 0 saturated carbocycles. The van der Waals surface area contributed by atoms with Gasteiger partial charge in [0.15, 0.2) is 12.6 Å². The van der Waals surface area contributed by atoms with Crippen LogP contribution in [0.25, 0.3) is 0 Å². The van der Waals surface area contributed by atoms with Gasteiger partial charge in [0.2, 0.25) is 6.29 Å². The fraction of sp³-hybridized carbons (Fsp3) is 0.750. The van der Waals surface area contributed by atoms with Crippen LogP contribution in [0, 0.1) is 11.8 Å². The van der Waals surface area contributed by atoms with Gasteiger partial charge < -0.3 is 74.4 Å². The van der Waals surface area contributed by atoms with Crippen LogP contribution < -0.4 is 0 Å². The molecule has 17 nitrogen and oxygen atoms in total. The summed E-state index contributed by atoms with van der Waals surface area (Å²) in [6.45, 7) is -1.88. The lowest BCUT2D eigenvalue weighted by molar-refractivity contribution is -0.342. The number of thioether (sulfide) groups is 1. The van der Waals surface area contributed by atoms with Gasteiger partial charge in [-0.05, 0) is 23.6 Å². The molecule has 4 aliphatic rings. The first-order valence-electron chi connectivity index (χ1n) is 12.9. The number of carboxylic acid groups (broad SMARTS) is 1. The van der Waals surface area contributed by atoms with Gasteiger partial charge >= 0.3 is 11.3 Å². The normalized spacial score (nSPS) is 43.5. The van der Waals surface area contributed by atoms with Crippen LogP contribution in [0.2, 0.25) is 0 Å². The second-order valence-corrected chi connectivity index (χ2v) is 10.8. The molecule has 0 aromatic rings. The summed E-state index contributed by atoms with van der Waals surface area (Å²) in [5, 5.41) is 89.8. The highest BCUT2D eigenvalue weighted by Crippen LogP contribution is 2.46. The molecule has 0 aromatic carbocycles. The van der Waals surface area contributed by atoms with Crippen LogP contribution in [0.1, 0.15) is 0 Å². The van der Waals surface area contributed by atoms with E-state index < -0.39 is 117 Å². The molecule has 14 unspecified atom stereocenters. The molecule has 0 radical (unpaired) electrons. The fourth-order valence-corrected chi connectivity index (χ4v) is 5.48. The summed E-state index contributed by atoms with van der Waals surface area (Å²) in [6, 6.07) is 0. The second kappa shape index (κ2) is 13.8. The maximum absolute atomic E-state index is 12.2. The number of aliphatic hydroxyl groups is 8. The molecule has 2 saturated heterocycles. The zero-order valence-electron chi connectivity index (χ0n) is 22.1. The van der Waals surface area contributed by atoms with Crippen molar-refractivity contribution in [2.24, 2.45) is 11.8 Å². The van der Waals surface area contributed by atoms with E-state index in [1.165, 1.54) is 12.3 Å². The Morgan fingerprint density at radius 1 is 0.810 bits per heavy atom. The van der Waals surface area contributed by atoms with E-state index >= 15 is 0 Å². The van der Waals surface area contributed by atoms with E-state index in [1.54, 1.807) is 0 Å². The van der Waals surface area contributed by atoms with Crippen molar-refractivity contribution in [3.8, 4) is 0 Å². The van der Waals surface area contributed by atoms with Crippen LogP contribution in [-0.2, 0) is 33.2 Å². The van der Waals surface area contributed by atoms with Crippen LogP contribution in [0.15, 0.2) is 23.5 Å². The Balaban J connectivity index is 1.65. The molecule has 0 amide bonds. The highest BCUT2D eigenvalue weighted by Gasteiger charge is 2.54. The summed E-state index contributed by atoms with van der Waals surface area (Å²) in [5.41, 5.74) is -0.121. The Morgan fingerprint density at radius 2 is 1.36 bits per heavy atom. The number of carbonyl (C=O) groups excluding carboxylic acids is 1. The zero-order chi connectivity index (χ0) is 30.9. The Hall–Kier alpha value is -1.91. The van der Waals surface area contributed by atoms with Gasteiger partial charge in [-0.25, -0.2) is 9.59 Å². The number of aliphatic hydroxyl groups excluding tert-OH is 8. The first kappa shape index (κ1) is 33.0. The van der Waals surface area contributed by atoms with E-state index in [9.17, 15) is 55.5 Å². The van der Waals surface area contributed by atoms with Crippen LogP contribution >= 0.6 is 11.8 Å². The van der Waals surface area contributed by atoms with Crippen LogP contribution in [-0.4, -0.2) is 157 Å². The maximum Gasteiger partial charge on any atom is 0.367 e. The van der Waals surface area contributed by atoms with Gasteiger partial charge in [0.25, 0.3) is 0 Å². The molecule has 2 fully saturated rings. The number of rotatable bonds is 9. The fourth-order valence-electron chi connectivity index (χ4n) is 5.30. The van der Waals surface area contributed by atoms with Gasteiger partial charge in [-0.2, -0.15) is 0 Å². The van der Waals surface area contributed by atoms with Gasteiger partial charge in [-0.3, -0.25) is 0 Å². The number of fused-ring (bicyclic) bond motifs is 1. The predicted molar refractivity (Wildman–Crippen MR) is 134 cm³/mol. The number of hydrogen-bond donors (Lipinski definition) is 9. The van der Waals surface area contributed by atoms with Crippen molar-refractivity contribution in [3.05, 3.63) is 23.5 Å². The summed E-state index contributed by atoms with van der Waals surface area (Å²) in [5.74, 6) is -3.73. The topological polar surface area (TPSA) is 272 Å². The van der Waals surface area contributed by atoms with Crippen molar-refractivity contribution in [3.63, 3.8) is 0 Å². The zero-order valence-corrected chi connectivity index (χ0v) is 22.9. The monoisotopic (exact) mass is 626 g/mol. The van der Waals surface area contributed by atoms with E-state index in [0.29, 0.717) is 0 Å². The van der Waals surface area contributed by atoms with Crippen LogP contribution in [0.3, 0.4) is 0 Å². The maximum atomic E-state index is 12.2. The molecule has 3 heterocycles. The van der Waals surface area contributed by atoms with Crippen molar-refractivity contribution in [2.45, 2.75) is 73.8 Å². The van der Waals surface area contributed by atoms with E-state index in [1.807, 2.05) is 0 Å². The minimum Gasteiger partial charge on any atom is -0.478 e. The van der Waals surface area contributed by atoms with Crippen molar-refractivity contribution in [1.29, 1.82) is 0 Å². The minimum atomic E-state index is -1.82. The summed E-state index contributed by atoms with van der Waals surface area (Å²) in [7, 11) is 0. The summed E-state index contributed by atoms with van der Waals surface area (Å²) < 4.78 is 33.2. The number of carbonyl (C=O) groups is 2. The van der Waals surface area contributed by atoms with Crippen molar-refractivity contribution in [2.75, 3.05) is 26.1 Å². The standard InChI is InChI=1S/C24H34O17S/c1-42-24(35)37-5-7-2-9(38-22-18(31)16(29)14(27)10(3-25)39-22)13-8(20(33)34)6-36-21(12(7)13)41-23-19(32)17(30)15(28)11(4-26)40-23/h2,6,9-19,21-23,25-32H,3-5H2,1H3,(H,33,34). The first-order chi connectivity index (χ1) is 19.9. The number of ether oxygens (including phenoxy) is 6. The van der Waals surface area contributed by atoms with Gasteiger partial charge in [0.05, 0.1) is 37.1 Å². The number of aliphatic carboxylic acids is 1. The predicted octanol–water partition coefficient (Wildman–Crippen LogP) is -4.02. The lowest BCUT2D eigenvalue weighted by atomic mass is 9.82. The molecule has 9 N–H and O–H groups in total. The van der Waals surface area contributed by atoms with Crippen molar-refractivity contribution in [1.82, 2.24) is 0 Å². The Bertz CT molecular complexity index is 1030. The molecular weight excluding hydrogens is 592 g/mol. The molecule has 0 bridgehead atoms. The molecule has 14 atom stereocenters. The molecule has 3 aliphatic heterocycles. The third kappa shape index (κ3) is 6.46. The molecule has 42 heavy (non-hydrogen) atoms. The average Bonchev–Trinajstić information content (AvgIpc) is 3.34. The average molecular weight is 627 g/mol. The van der Waals surface area contributed by atoms with Gasteiger partial charge in [0.1, 0.15) is 55.4 Å². The summed E-state index contributed by atoms with van der Waals surface area (Å²) >= 11 is 0.764. The molecule has 0 aromatic heterocycles. The lowest BCUT2D eigenvalue weighted by Gasteiger charge is -2.44. The Morgan fingerprint density at radius 3 is 1.86 bits per heavy atom. The van der Waals surface area contributed by atoms with Crippen LogP contribution in [0.4, 0.5) is 4.79 Å². The first-order valence-corrected chi connectivity index (χ1v) is 14.1. The van der Waals surface area contributed by atoms with Crippen molar-refractivity contribution < 1.29 is 84.0 Å². The summed E-state index contributed by atoms with van der Waals surface area (Å²) in [6.07, 6.45) is -15.5. The Labute approximate surface area is 242 Å². The SMILES string of the molecule is CSC(=O)OCC1=CC(OC2OC(CO)C(O)C(O)C2O)C2C(C(=O)O)=COC(OC3OC(CO)C(O)C(O)C3O)C12. The Kier molecular flexibility index (Phi) is 10.8. The summed E-state index contributed by atoms with van der Waals surface area (Å²) in [4.78, 5) is 24.1. The third-order valence-corrected chi connectivity index (χ3v) is 8.01. The highest BCUT2D eigenvalue weighted by atomic mass is 32.2. The van der Waals surface area contributed by atoms with Crippen molar-refractivity contribution >= 4 is 23.0 Å². The quantitative estimate of drug-likeness (QED) is 0.0871. The lowest BCUT2D eigenvalue weighted by Crippen LogP contribution is -2.60. The van der Waals surface area contributed by atoms with Gasteiger partial charge in [-0.15, -0.1) is 0 Å². The van der Waals surface area contributed by atoms with Gasteiger partial charge in [0, 0.05) is 5.92 Å². The molecule has 238 valence electrons. The highest BCUT2D eigenvalue weighted by molar-refractivity contribution is 8.12. The molecule has 4 rings (SSSR count). The second-order valence-electron chi connectivity index (χ2n) is 10.1. The largest absolute Gasteiger partial charge is 0.478 e.